The van der Waals surface area contributed by atoms with E-state index in [0.29, 0.717) is 36.6 Å². The van der Waals surface area contributed by atoms with E-state index in [4.69, 9.17) is 0 Å². The molecule has 0 unspecified atom stereocenters. The highest BCUT2D eigenvalue weighted by Gasteiger charge is 2.30. The van der Waals surface area contributed by atoms with Crippen molar-refractivity contribution in [3.63, 3.8) is 0 Å². The van der Waals surface area contributed by atoms with Crippen molar-refractivity contribution >= 4 is 15.9 Å². The first kappa shape index (κ1) is 18.2. The molecular formula is C21H24N2O3S. The second-order valence-electron chi connectivity index (χ2n) is 7.35. The molecule has 6 heteroatoms. The number of nitrogens with zero attached hydrogens (tertiary/aromatic N) is 2. The summed E-state index contributed by atoms with van der Waals surface area (Å²) in [5.74, 6) is -0.00270. The number of benzene rings is 2. The summed E-state index contributed by atoms with van der Waals surface area (Å²) in [7, 11) is -3.51. The van der Waals surface area contributed by atoms with Crippen molar-refractivity contribution in [2.24, 2.45) is 0 Å². The topological polar surface area (TPSA) is 57.7 Å². The molecule has 1 fully saturated rings. The van der Waals surface area contributed by atoms with Gasteiger partial charge in [-0.05, 0) is 61.6 Å². The number of aryl methyl sites for hydroxylation is 3. The monoisotopic (exact) mass is 384 g/mol. The molecule has 142 valence electrons. The van der Waals surface area contributed by atoms with Crippen LogP contribution in [-0.2, 0) is 22.9 Å². The molecule has 0 saturated carbocycles. The Hall–Kier alpha value is -2.18. The molecule has 1 amide bonds. The highest BCUT2D eigenvalue weighted by atomic mass is 32.2. The number of amides is 1. The van der Waals surface area contributed by atoms with Crippen molar-refractivity contribution < 1.29 is 13.2 Å². The summed E-state index contributed by atoms with van der Waals surface area (Å²) in [4.78, 5) is 14.9. The van der Waals surface area contributed by atoms with E-state index in [1.807, 2.05) is 19.1 Å². The van der Waals surface area contributed by atoms with Gasteiger partial charge in [-0.15, -0.1) is 0 Å². The molecule has 2 aromatic rings. The zero-order chi connectivity index (χ0) is 19.0. The van der Waals surface area contributed by atoms with Crippen LogP contribution in [0, 0.1) is 6.92 Å². The summed E-state index contributed by atoms with van der Waals surface area (Å²) in [6.45, 7) is 3.42. The van der Waals surface area contributed by atoms with Gasteiger partial charge in [-0.2, -0.15) is 4.31 Å². The number of hydrogen-bond acceptors (Lipinski definition) is 3. The zero-order valence-corrected chi connectivity index (χ0v) is 16.3. The van der Waals surface area contributed by atoms with E-state index in [-0.39, 0.29) is 5.91 Å². The molecule has 2 aromatic carbocycles. The lowest BCUT2D eigenvalue weighted by atomic mass is 10.1. The van der Waals surface area contributed by atoms with E-state index >= 15 is 0 Å². The molecule has 5 nitrogen and oxygen atoms in total. The number of piperazine rings is 1. The van der Waals surface area contributed by atoms with Crippen LogP contribution in [0.4, 0.5) is 0 Å². The van der Waals surface area contributed by atoms with E-state index in [9.17, 15) is 13.2 Å². The maximum atomic E-state index is 12.8. The fourth-order valence-corrected chi connectivity index (χ4v) is 5.30. The average Bonchev–Trinajstić information content (AvgIpc) is 3.15. The average molecular weight is 385 g/mol. The first-order chi connectivity index (χ1) is 12.9. The molecule has 1 saturated heterocycles. The van der Waals surface area contributed by atoms with Gasteiger partial charge in [0.25, 0.3) is 5.91 Å². The van der Waals surface area contributed by atoms with Gasteiger partial charge in [0.15, 0.2) is 0 Å². The molecule has 0 radical (unpaired) electrons. The van der Waals surface area contributed by atoms with Crippen molar-refractivity contribution in [1.82, 2.24) is 9.21 Å². The first-order valence-corrected chi connectivity index (χ1v) is 10.9. The minimum atomic E-state index is -3.51. The van der Waals surface area contributed by atoms with Crippen molar-refractivity contribution in [2.45, 2.75) is 31.1 Å². The molecule has 2 aliphatic rings. The fourth-order valence-electron chi connectivity index (χ4n) is 3.88. The zero-order valence-electron chi connectivity index (χ0n) is 15.5. The molecule has 4 rings (SSSR count). The van der Waals surface area contributed by atoms with Crippen molar-refractivity contribution in [1.29, 1.82) is 0 Å². The Kier molecular flexibility index (Phi) is 4.78. The van der Waals surface area contributed by atoms with Crippen LogP contribution in [0.3, 0.4) is 0 Å². The predicted molar refractivity (Wildman–Crippen MR) is 104 cm³/mol. The lowest BCUT2D eigenvalue weighted by Gasteiger charge is -2.34. The van der Waals surface area contributed by atoms with Gasteiger partial charge in [0.1, 0.15) is 0 Å². The summed E-state index contributed by atoms with van der Waals surface area (Å²) < 4.78 is 27.1. The van der Waals surface area contributed by atoms with Crippen LogP contribution in [0.15, 0.2) is 47.4 Å². The molecule has 1 aliphatic heterocycles. The number of fused-ring (bicyclic) bond motifs is 1. The van der Waals surface area contributed by atoms with Gasteiger partial charge in [0.2, 0.25) is 10.0 Å². The number of sulfonamides is 1. The Bertz CT molecular complexity index is 959. The van der Waals surface area contributed by atoms with Crippen LogP contribution in [0.2, 0.25) is 0 Å². The summed E-state index contributed by atoms with van der Waals surface area (Å²) in [6.07, 6.45) is 3.29. The van der Waals surface area contributed by atoms with E-state index < -0.39 is 10.0 Å². The van der Waals surface area contributed by atoms with Crippen LogP contribution < -0.4 is 0 Å². The molecule has 0 bridgehead atoms. The fraction of sp³-hybridized carbons (Fsp3) is 0.381. The summed E-state index contributed by atoms with van der Waals surface area (Å²) in [5.41, 5.74) is 4.37. The second kappa shape index (κ2) is 7.09. The van der Waals surface area contributed by atoms with E-state index in [1.165, 1.54) is 15.4 Å². The van der Waals surface area contributed by atoms with Gasteiger partial charge in [-0.1, -0.05) is 23.8 Å². The molecule has 0 aromatic heterocycles. The Morgan fingerprint density at radius 3 is 2.26 bits per heavy atom. The molecule has 0 atom stereocenters. The predicted octanol–water partition coefficient (Wildman–Crippen LogP) is 2.63. The molecular weight excluding hydrogens is 360 g/mol. The van der Waals surface area contributed by atoms with E-state index in [1.54, 1.807) is 29.2 Å². The van der Waals surface area contributed by atoms with Gasteiger partial charge >= 0.3 is 0 Å². The third-order valence-electron chi connectivity index (χ3n) is 5.53. The number of rotatable bonds is 3. The van der Waals surface area contributed by atoms with E-state index in [0.717, 1.165) is 24.8 Å². The summed E-state index contributed by atoms with van der Waals surface area (Å²) >= 11 is 0. The standard InChI is InChI=1S/C21H24N2O3S/c1-16-5-9-20(10-6-16)27(25,26)23-13-11-22(12-14-23)21(24)19-8-7-17-3-2-4-18(17)15-19/h5-10,15H,2-4,11-14H2,1H3. The van der Waals surface area contributed by atoms with Crippen molar-refractivity contribution in [2.75, 3.05) is 26.2 Å². The normalized spacial score (nSPS) is 17.7. The SMILES string of the molecule is Cc1ccc(S(=O)(=O)N2CCN(C(=O)c3ccc4c(c3)CCC4)CC2)cc1. The van der Waals surface area contributed by atoms with Crippen LogP contribution in [0.25, 0.3) is 0 Å². The second-order valence-corrected chi connectivity index (χ2v) is 9.28. The Balaban J connectivity index is 1.44. The van der Waals surface area contributed by atoms with Crippen LogP contribution in [0.5, 0.6) is 0 Å². The lowest BCUT2D eigenvalue weighted by molar-refractivity contribution is 0.0698. The third-order valence-corrected chi connectivity index (χ3v) is 7.44. The molecule has 27 heavy (non-hydrogen) atoms. The Morgan fingerprint density at radius 2 is 1.56 bits per heavy atom. The van der Waals surface area contributed by atoms with Gasteiger partial charge in [-0.25, -0.2) is 8.42 Å². The van der Waals surface area contributed by atoms with Gasteiger partial charge in [0, 0.05) is 31.7 Å². The summed E-state index contributed by atoms with van der Waals surface area (Å²) in [6, 6.07) is 12.9. The Labute approximate surface area is 160 Å². The number of carbonyl (C=O) groups excluding carboxylic acids is 1. The van der Waals surface area contributed by atoms with Gasteiger partial charge in [0.05, 0.1) is 4.90 Å². The smallest absolute Gasteiger partial charge is 0.253 e. The number of hydrogen-bond donors (Lipinski definition) is 0. The number of carbonyl (C=O) groups is 1. The summed E-state index contributed by atoms with van der Waals surface area (Å²) in [5, 5.41) is 0. The van der Waals surface area contributed by atoms with Crippen LogP contribution >= 0.6 is 0 Å². The maximum Gasteiger partial charge on any atom is 0.253 e. The van der Waals surface area contributed by atoms with Crippen molar-refractivity contribution in [3.8, 4) is 0 Å². The molecule has 0 spiro atoms. The minimum absolute atomic E-state index is 0.00270. The van der Waals surface area contributed by atoms with Crippen LogP contribution in [0.1, 0.15) is 33.5 Å². The quantitative estimate of drug-likeness (QED) is 0.817. The van der Waals surface area contributed by atoms with Gasteiger partial charge in [-0.3, -0.25) is 4.79 Å². The van der Waals surface area contributed by atoms with Gasteiger partial charge < -0.3 is 4.90 Å². The molecule has 1 aliphatic carbocycles. The minimum Gasteiger partial charge on any atom is -0.336 e. The Morgan fingerprint density at radius 1 is 0.889 bits per heavy atom. The molecule has 1 heterocycles. The maximum absolute atomic E-state index is 12.8. The first-order valence-electron chi connectivity index (χ1n) is 9.43. The highest BCUT2D eigenvalue weighted by molar-refractivity contribution is 7.89. The van der Waals surface area contributed by atoms with E-state index in [2.05, 4.69) is 6.07 Å². The highest BCUT2D eigenvalue weighted by Crippen LogP contribution is 2.24. The van der Waals surface area contributed by atoms with Crippen molar-refractivity contribution in [3.05, 3.63) is 64.7 Å². The van der Waals surface area contributed by atoms with Crippen LogP contribution in [-0.4, -0.2) is 49.7 Å². The molecule has 0 N–H and O–H groups in total. The third kappa shape index (κ3) is 3.51. The largest absolute Gasteiger partial charge is 0.336 e. The lowest BCUT2D eigenvalue weighted by Crippen LogP contribution is -2.50.